The predicted molar refractivity (Wildman–Crippen MR) is 148 cm³/mol. The van der Waals surface area contributed by atoms with E-state index < -0.39 is 23.8 Å². The van der Waals surface area contributed by atoms with Gasteiger partial charge in [-0.25, -0.2) is 8.78 Å². The summed E-state index contributed by atoms with van der Waals surface area (Å²) in [5.74, 6) is -1.97. The second-order valence-electron chi connectivity index (χ2n) is 9.76. The van der Waals surface area contributed by atoms with Gasteiger partial charge in [-0.3, -0.25) is 9.59 Å². The number of hydrogen-bond donors (Lipinski definition) is 3. The molecule has 0 bridgehead atoms. The van der Waals surface area contributed by atoms with Crippen LogP contribution >= 0.6 is 0 Å². The first-order valence-corrected chi connectivity index (χ1v) is 13.3. The standard InChI is InChI=1S/C31H37F2N3O3/c1-3-12-35-30(38)17-24-10-5-6-11-27(24)31(39)36(19-22-9-7-8-21(4-2)13-22)20-29(37)28(34)16-23-14-25(32)18-26(33)15-23/h5-11,13-15,18,28-29,37H,3-4,12,16-17,19-20,34H2,1-2H3,(H,35,38). The number of aryl methyl sites for hydroxylation is 1. The molecule has 0 saturated carbocycles. The summed E-state index contributed by atoms with van der Waals surface area (Å²) in [5, 5.41) is 13.8. The molecule has 208 valence electrons. The van der Waals surface area contributed by atoms with E-state index in [4.69, 9.17) is 5.73 Å². The molecule has 0 fully saturated rings. The number of amides is 2. The van der Waals surface area contributed by atoms with Crippen molar-refractivity contribution < 1.29 is 23.5 Å². The minimum Gasteiger partial charge on any atom is -0.390 e. The molecule has 0 aliphatic heterocycles. The van der Waals surface area contributed by atoms with Crippen molar-refractivity contribution in [1.29, 1.82) is 0 Å². The molecule has 3 aromatic rings. The monoisotopic (exact) mass is 537 g/mol. The number of carbonyl (C=O) groups excluding carboxylic acids is 2. The van der Waals surface area contributed by atoms with Gasteiger partial charge in [0.05, 0.1) is 12.5 Å². The van der Waals surface area contributed by atoms with Gasteiger partial charge in [-0.2, -0.15) is 0 Å². The van der Waals surface area contributed by atoms with Crippen molar-refractivity contribution in [2.24, 2.45) is 5.73 Å². The molecule has 4 N–H and O–H groups in total. The predicted octanol–water partition coefficient (Wildman–Crippen LogP) is 4.17. The summed E-state index contributed by atoms with van der Waals surface area (Å²) in [7, 11) is 0. The summed E-state index contributed by atoms with van der Waals surface area (Å²) in [6.07, 6.45) is 0.535. The lowest BCUT2D eigenvalue weighted by Crippen LogP contribution is -2.46. The van der Waals surface area contributed by atoms with Gasteiger partial charge in [0.15, 0.2) is 0 Å². The summed E-state index contributed by atoms with van der Waals surface area (Å²) in [4.78, 5) is 27.8. The number of rotatable bonds is 13. The van der Waals surface area contributed by atoms with Crippen LogP contribution in [0.25, 0.3) is 0 Å². The van der Waals surface area contributed by atoms with Gasteiger partial charge in [0, 0.05) is 37.3 Å². The Morgan fingerprint density at radius 3 is 2.33 bits per heavy atom. The molecule has 2 amide bonds. The van der Waals surface area contributed by atoms with Crippen LogP contribution in [0.3, 0.4) is 0 Å². The van der Waals surface area contributed by atoms with Crippen LogP contribution in [0.5, 0.6) is 0 Å². The third kappa shape index (κ3) is 8.97. The number of hydrogen-bond acceptors (Lipinski definition) is 4. The van der Waals surface area contributed by atoms with Crippen LogP contribution in [0.15, 0.2) is 66.7 Å². The maximum absolute atomic E-state index is 13.9. The molecule has 0 heterocycles. The summed E-state index contributed by atoms with van der Waals surface area (Å²) in [6, 6.07) is 17.0. The van der Waals surface area contributed by atoms with Crippen molar-refractivity contribution >= 4 is 11.8 Å². The number of benzene rings is 3. The van der Waals surface area contributed by atoms with Crippen molar-refractivity contribution in [3.05, 3.63) is 106 Å². The van der Waals surface area contributed by atoms with Crippen LogP contribution in [0.2, 0.25) is 0 Å². The molecule has 0 aromatic heterocycles. The van der Waals surface area contributed by atoms with E-state index in [1.807, 2.05) is 38.1 Å². The smallest absolute Gasteiger partial charge is 0.254 e. The topological polar surface area (TPSA) is 95.7 Å². The van der Waals surface area contributed by atoms with Crippen LogP contribution in [-0.2, 0) is 30.6 Å². The molecule has 6 nitrogen and oxygen atoms in total. The maximum Gasteiger partial charge on any atom is 0.254 e. The van der Waals surface area contributed by atoms with Crippen molar-refractivity contribution in [2.75, 3.05) is 13.1 Å². The lowest BCUT2D eigenvalue weighted by molar-refractivity contribution is -0.120. The van der Waals surface area contributed by atoms with E-state index in [1.165, 1.54) is 17.0 Å². The molecule has 2 atom stereocenters. The van der Waals surface area contributed by atoms with Gasteiger partial charge in [0.1, 0.15) is 11.6 Å². The van der Waals surface area contributed by atoms with Gasteiger partial charge < -0.3 is 21.1 Å². The number of aliphatic hydroxyl groups is 1. The number of nitrogens with one attached hydrogen (secondary N) is 1. The average molecular weight is 538 g/mol. The number of halogens is 2. The summed E-state index contributed by atoms with van der Waals surface area (Å²) < 4.78 is 27.3. The summed E-state index contributed by atoms with van der Waals surface area (Å²) in [6.45, 7) is 4.66. The van der Waals surface area contributed by atoms with Crippen LogP contribution in [0.4, 0.5) is 8.78 Å². The zero-order valence-corrected chi connectivity index (χ0v) is 22.5. The Kier molecular flexibility index (Phi) is 11.1. The normalized spacial score (nSPS) is 12.6. The number of carbonyl (C=O) groups is 2. The van der Waals surface area contributed by atoms with Crippen molar-refractivity contribution in [3.63, 3.8) is 0 Å². The Labute approximate surface area is 228 Å². The lowest BCUT2D eigenvalue weighted by atomic mass is 9.99. The third-order valence-corrected chi connectivity index (χ3v) is 6.53. The Morgan fingerprint density at radius 1 is 0.949 bits per heavy atom. The highest BCUT2D eigenvalue weighted by Gasteiger charge is 2.25. The van der Waals surface area contributed by atoms with Gasteiger partial charge in [-0.05, 0) is 59.7 Å². The van der Waals surface area contributed by atoms with Crippen molar-refractivity contribution in [3.8, 4) is 0 Å². The fourth-order valence-electron chi connectivity index (χ4n) is 4.44. The Morgan fingerprint density at radius 2 is 1.64 bits per heavy atom. The fraction of sp³-hybridized carbons (Fsp3) is 0.355. The highest BCUT2D eigenvalue weighted by Crippen LogP contribution is 2.18. The van der Waals surface area contributed by atoms with Crippen molar-refractivity contribution in [2.45, 2.75) is 58.2 Å². The Balaban J connectivity index is 1.86. The van der Waals surface area contributed by atoms with Crippen molar-refractivity contribution in [1.82, 2.24) is 10.2 Å². The number of aliphatic hydroxyl groups excluding tert-OH is 1. The minimum absolute atomic E-state index is 0.0252. The molecule has 3 aromatic carbocycles. The molecular formula is C31H37F2N3O3. The van der Waals surface area contributed by atoms with Gasteiger partial charge in [0.2, 0.25) is 5.91 Å². The van der Waals surface area contributed by atoms with Gasteiger partial charge in [-0.15, -0.1) is 0 Å². The summed E-state index contributed by atoms with van der Waals surface area (Å²) in [5.41, 5.74) is 9.49. The average Bonchev–Trinajstić information content (AvgIpc) is 2.91. The van der Waals surface area contributed by atoms with E-state index in [1.54, 1.807) is 24.3 Å². The summed E-state index contributed by atoms with van der Waals surface area (Å²) >= 11 is 0. The zero-order valence-electron chi connectivity index (χ0n) is 22.5. The fourth-order valence-corrected chi connectivity index (χ4v) is 4.44. The largest absolute Gasteiger partial charge is 0.390 e. The van der Waals surface area contributed by atoms with Crippen LogP contribution in [-0.4, -0.2) is 47.1 Å². The van der Waals surface area contributed by atoms with Gasteiger partial charge in [0.25, 0.3) is 5.91 Å². The van der Waals surface area contributed by atoms with E-state index in [-0.39, 0.29) is 37.7 Å². The quantitative estimate of drug-likeness (QED) is 0.305. The molecule has 0 spiro atoms. The molecule has 0 aliphatic carbocycles. The van der Waals surface area contributed by atoms with Crippen LogP contribution in [0.1, 0.15) is 52.9 Å². The van der Waals surface area contributed by atoms with E-state index in [0.29, 0.717) is 23.2 Å². The molecule has 8 heteroatoms. The van der Waals surface area contributed by atoms with Gasteiger partial charge >= 0.3 is 0 Å². The highest BCUT2D eigenvalue weighted by atomic mass is 19.1. The SMILES string of the molecule is CCCNC(=O)Cc1ccccc1C(=O)N(Cc1cccc(CC)c1)CC(O)C(N)Cc1cc(F)cc(F)c1. The maximum atomic E-state index is 13.9. The minimum atomic E-state index is -1.17. The first-order chi connectivity index (χ1) is 18.7. The van der Waals surface area contributed by atoms with E-state index >= 15 is 0 Å². The second-order valence-corrected chi connectivity index (χ2v) is 9.76. The Hall–Kier alpha value is -3.62. The molecule has 2 unspecified atom stereocenters. The highest BCUT2D eigenvalue weighted by molar-refractivity contribution is 5.97. The molecular weight excluding hydrogens is 500 g/mol. The van der Waals surface area contributed by atoms with Gasteiger partial charge in [-0.1, -0.05) is 56.3 Å². The first kappa shape index (κ1) is 29.9. The van der Waals surface area contributed by atoms with Crippen LogP contribution < -0.4 is 11.1 Å². The van der Waals surface area contributed by atoms with E-state index in [9.17, 15) is 23.5 Å². The number of nitrogens with zero attached hydrogens (tertiary/aromatic N) is 1. The molecule has 0 radical (unpaired) electrons. The van der Waals surface area contributed by atoms with E-state index in [0.717, 1.165) is 30.0 Å². The third-order valence-electron chi connectivity index (χ3n) is 6.53. The van der Waals surface area contributed by atoms with Crippen LogP contribution in [0, 0.1) is 11.6 Å². The van der Waals surface area contributed by atoms with E-state index in [2.05, 4.69) is 5.32 Å². The Bertz CT molecular complexity index is 1250. The second kappa shape index (κ2) is 14.5. The molecule has 3 rings (SSSR count). The molecule has 0 aliphatic rings. The molecule has 0 saturated heterocycles. The number of nitrogens with two attached hydrogens (primary N) is 1. The first-order valence-electron chi connectivity index (χ1n) is 13.3. The molecule has 39 heavy (non-hydrogen) atoms. The zero-order chi connectivity index (χ0) is 28.4. The lowest BCUT2D eigenvalue weighted by Gasteiger charge is -2.29.